The van der Waals surface area contributed by atoms with Gasteiger partial charge < -0.3 is 35.3 Å². The third-order valence-corrected chi connectivity index (χ3v) is 24.5. The van der Waals surface area contributed by atoms with Crippen LogP contribution in [-0.2, 0) is 28.2 Å². The largest absolute Gasteiger partial charge is 0.456 e. The molecule has 0 saturated heterocycles. The summed E-state index contributed by atoms with van der Waals surface area (Å²) in [6.45, 7) is 16.8. The lowest BCUT2D eigenvalue weighted by atomic mass is 9.98. The number of nitrogens with zero attached hydrogens (tertiary/aromatic N) is 4. The average molecular weight is 1540 g/mol. The summed E-state index contributed by atoms with van der Waals surface area (Å²) in [4.78, 5) is 0. The predicted octanol–water partition coefficient (Wildman–Crippen LogP) is 27.0. The van der Waals surface area contributed by atoms with Crippen LogP contribution in [-0.4, -0.2) is 0 Å². The molecular formula is C106H84N4O8+4. The maximum absolute atomic E-state index is 7.85. The summed E-state index contributed by atoms with van der Waals surface area (Å²) in [7, 11) is 8.14. The van der Waals surface area contributed by atoms with Crippen molar-refractivity contribution >= 4 is 176 Å². The monoisotopic (exact) mass is 1540 g/mol. The van der Waals surface area contributed by atoms with Gasteiger partial charge in [0.05, 0.1) is 33.0 Å². The predicted molar refractivity (Wildman–Crippen MR) is 478 cm³/mol. The fraction of sp³-hybridized carbons (Fsp3) is 0.132. The first-order valence-corrected chi connectivity index (χ1v) is 40.0. The number of rotatable bonds is 4. The van der Waals surface area contributed by atoms with Crippen LogP contribution in [0.2, 0.25) is 0 Å². The van der Waals surface area contributed by atoms with Crippen molar-refractivity contribution in [3.8, 4) is 45.0 Å². The van der Waals surface area contributed by atoms with Crippen molar-refractivity contribution in [3.63, 3.8) is 0 Å². The van der Waals surface area contributed by atoms with Gasteiger partial charge in [-0.25, -0.2) is 18.3 Å². The molecule has 0 unspecified atom stereocenters. The van der Waals surface area contributed by atoms with Crippen LogP contribution in [0.25, 0.3) is 221 Å². The zero-order valence-electron chi connectivity index (χ0n) is 70.8. The molecule has 12 aromatic carbocycles. The van der Waals surface area contributed by atoms with Gasteiger partial charge in [-0.2, -0.15) is 0 Å². The van der Waals surface area contributed by atoms with E-state index < -0.39 is 6.85 Å². The lowest BCUT2D eigenvalue weighted by Gasteiger charge is -2.07. The Kier molecular flexibility index (Phi) is 15.7. The molecule has 118 heavy (non-hydrogen) atoms. The van der Waals surface area contributed by atoms with Gasteiger partial charge in [-0.1, -0.05) is 121 Å². The zero-order chi connectivity index (χ0) is 83.0. The minimum atomic E-state index is -2.16. The maximum atomic E-state index is 7.85. The van der Waals surface area contributed by atoms with Crippen LogP contribution in [0.5, 0.6) is 0 Å². The van der Waals surface area contributed by atoms with Gasteiger partial charge in [0.15, 0.2) is 24.8 Å². The summed E-state index contributed by atoms with van der Waals surface area (Å²) in [6.07, 6.45) is 8.14. The molecule has 0 radical (unpaired) electrons. The van der Waals surface area contributed by atoms with E-state index >= 15 is 0 Å². The van der Waals surface area contributed by atoms with Gasteiger partial charge >= 0.3 is 0 Å². The van der Waals surface area contributed by atoms with Crippen LogP contribution >= 0.6 is 0 Å². The fourth-order valence-electron chi connectivity index (χ4n) is 18.0. The molecule has 12 nitrogen and oxygen atoms in total. The van der Waals surface area contributed by atoms with E-state index in [2.05, 4.69) is 235 Å². The zero-order valence-corrected chi connectivity index (χ0v) is 67.8. The number of pyridine rings is 4. The average Bonchev–Trinajstić information content (AvgIpc) is 1.57. The normalized spacial score (nSPS) is 12.5. The van der Waals surface area contributed by atoms with E-state index in [0.29, 0.717) is 5.56 Å². The highest BCUT2D eigenvalue weighted by atomic mass is 16.4. The lowest BCUT2D eigenvalue weighted by molar-refractivity contribution is -0.660. The van der Waals surface area contributed by atoms with Crippen molar-refractivity contribution in [1.82, 2.24) is 0 Å². The van der Waals surface area contributed by atoms with Crippen molar-refractivity contribution in [3.05, 3.63) is 311 Å². The van der Waals surface area contributed by atoms with Gasteiger partial charge in [-0.15, -0.1) is 0 Å². The van der Waals surface area contributed by atoms with Crippen LogP contribution in [0.15, 0.2) is 291 Å². The Labute approximate surface area is 682 Å². The standard InChI is InChI=1S/3C27H22NO2.C25H18NO2/c1-15-9-10-19-21-12-20-18-7-5-6-8-23(18)29-24(20)13-25(21)30-27(19)26(15)22-11-16(2)17(3)14-28(22)4;2*1-15-9-10-20-25-23(12-11-19-18-7-5-6-8-22(18)29-26(19)25)30-27(20)24(15)21-13-16(2)17(3)14-28(21)4;1-15-10-11-17-19-13-18-16-7-3-4-9-21(16)27-22(18)14-23(19)28-25(17)24(15)20-8-5-6-12-26(20)2/h3*5-14H,1-4H3;3-14H,1-2H3/q4*+1/i;3D3;;. The SMILES string of the molecule is Cc1cc(-c2c(C)ccc3c2oc2cc4oc5ccccc5c4cc23)[n+](C)cc1C.Cc1cc(-c2c(C)ccc3c2oc2ccc4c5ccccc5oc4c23)[n+](C)cc1C.Cc1ccc2c(oc3cc4oc5ccccc5c4cc32)c1-c1cccc[n+]1C.[2H]C([2H])([2H])c1c[n+](C)c(-c2c(C)ccc3c2oc2ccc4c5ccccc5oc4c23)cc1C. The van der Waals surface area contributed by atoms with E-state index in [1.807, 2.05) is 123 Å². The van der Waals surface area contributed by atoms with E-state index in [4.69, 9.17) is 39.4 Å². The molecule has 0 N–H and O–H groups in total. The molecule has 572 valence electrons. The van der Waals surface area contributed by atoms with Crippen molar-refractivity contribution < 1.29 is 57.7 Å². The first-order valence-electron chi connectivity index (χ1n) is 41.5. The van der Waals surface area contributed by atoms with Crippen molar-refractivity contribution in [2.24, 2.45) is 28.2 Å². The molecular weight excluding hydrogens is 1460 g/mol. The number of para-hydroxylation sites is 4. The lowest BCUT2D eigenvalue weighted by Crippen LogP contribution is -2.31. The summed E-state index contributed by atoms with van der Waals surface area (Å²) in [5.74, 6) is 0. The number of fused-ring (bicyclic) bond motifs is 26. The van der Waals surface area contributed by atoms with E-state index in [-0.39, 0.29) is 0 Å². The first kappa shape index (κ1) is 68.1. The van der Waals surface area contributed by atoms with E-state index in [0.717, 1.165) is 232 Å². The van der Waals surface area contributed by atoms with E-state index in [9.17, 15) is 0 Å². The maximum Gasteiger partial charge on any atom is 0.216 e. The summed E-state index contributed by atoms with van der Waals surface area (Å²) in [5.41, 5.74) is 33.5. The van der Waals surface area contributed by atoms with Crippen molar-refractivity contribution in [2.75, 3.05) is 0 Å². The summed E-state index contributed by atoms with van der Waals surface area (Å²) >= 11 is 0. The van der Waals surface area contributed by atoms with Crippen LogP contribution < -0.4 is 18.3 Å². The Hall–Kier alpha value is -14.4. The minimum Gasteiger partial charge on any atom is -0.456 e. The highest BCUT2D eigenvalue weighted by Gasteiger charge is 2.29. The number of hydrogen-bond donors (Lipinski definition) is 0. The molecule has 0 bridgehead atoms. The fourth-order valence-corrected chi connectivity index (χ4v) is 18.0. The molecule has 24 aromatic rings. The van der Waals surface area contributed by atoms with Gasteiger partial charge in [-0.05, 0) is 175 Å². The van der Waals surface area contributed by atoms with Crippen LogP contribution in [0, 0.1) is 69.2 Å². The van der Waals surface area contributed by atoms with Crippen LogP contribution in [0.3, 0.4) is 0 Å². The summed E-state index contributed by atoms with van der Waals surface area (Å²) in [5, 5.41) is 17.5. The number of furan rings is 8. The highest BCUT2D eigenvalue weighted by Crippen LogP contribution is 2.48. The van der Waals surface area contributed by atoms with Gasteiger partial charge in [0.2, 0.25) is 22.8 Å². The molecule has 0 aliphatic carbocycles. The molecule has 0 fully saturated rings. The first-order chi connectivity index (χ1) is 58.5. The Morgan fingerprint density at radius 2 is 0.500 bits per heavy atom. The molecule has 0 aliphatic heterocycles. The van der Waals surface area contributed by atoms with Crippen molar-refractivity contribution in [2.45, 2.75) is 69.2 Å². The molecule has 0 aliphatic rings. The number of aryl methyl sites for hydroxylation is 14. The second-order valence-electron chi connectivity index (χ2n) is 32.0. The summed E-state index contributed by atoms with van der Waals surface area (Å²) in [6, 6.07) is 79.2. The number of hydrogen-bond acceptors (Lipinski definition) is 8. The smallest absolute Gasteiger partial charge is 0.216 e. The molecule has 24 rings (SSSR count). The Bertz CT molecular complexity index is 8510. The third-order valence-electron chi connectivity index (χ3n) is 24.5. The molecule has 0 amide bonds. The van der Waals surface area contributed by atoms with E-state index in [1.165, 1.54) is 38.9 Å². The molecule has 12 aromatic heterocycles. The molecule has 12 heteroatoms. The molecule has 0 spiro atoms. The third kappa shape index (κ3) is 11.2. The van der Waals surface area contributed by atoms with Gasteiger partial charge in [-0.3, -0.25) is 0 Å². The molecule has 0 saturated carbocycles. The van der Waals surface area contributed by atoms with Crippen LogP contribution in [0.4, 0.5) is 0 Å². The molecule has 0 atom stereocenters. The Morgan fingerprint density at radius 1 is 0.203 bits per heavy atom. The highest BCUT2D eigenvalue weighted by molar-refractivity contribution is 6.26. The number of benzene rings is 12. The van der Waals surface area contributed by atoms with Gasteiger partial charge in [0.25, 0.3) is 0 Å². The topological polar surface area (TPSA) is 121 Å². The Morgan fingerprint density at radius 3 is 0.907 bits per heavy atom. The quantitative estimate of drug-likeness (QED) is 0.160. The van der Waals surface area contributed by atoms with E-state index in [1.54, 1.807) is 6.20 Å². The summed E-state index contributed by atoms with van der Waals surface area (Å²) < 4.78 is 82.4. The second kappa shape index (κ2) is 27.1. The Balaban J connectivity index is 0.0000000997. The number of aromatic nitrogens is 4. The van der Waals surface area contributed by atoms with Gasteiger partial charge in [0, 0.05) is 139 Å². The van der Waals surface area contributed by atoms with Gasteiger partial charge in [0.1, 0.15) is 118 Å². The van der Waals surface area contributed by atoms with Crippen LogP contribution in [0.1, 0.15) is 59.7 Å². The molecule has 12 heterocycles. The van der Waals surface area contributed by atoms with Crippen molar-refractivity contribution in [1.29, 1.82) is 0 Å². The minimum absolute atomic E-state index is 0.354. The second-order valence-corrected chi connectivity index (χ2v) is 32.0.